The van der Waals surface area contributed by atoms with Crippen molar-refractivity contribution in [2.45, 2.75) is 201 Å². The van der Waals surface area contributed by atoms with E-state index in [1.54, 1.807) is 55.5 Å². The van der Waals surface area contributed by atoms with Crippen LogP contribution in [0.5, 0.6) is 0 Å². The highest BCUT2D eigenvalue weighted by molar-refractivity contribution is 5.99. The first-order valence-electron chi connectivity index (χ1n) is 28.7. The molecule has 16 N–H and O–H groups in total. The van der Waals surface area contributed by atoms with Gasteiger partial charge in [0.2, 0.25) is 59.1 Å². The van der Waals surface area contributed by atoms with Crippen LogP contribution in [0.4, 0.5) is 0 Å². The van der Waals surface area contributed by atoms with Crippen LogP contribution in [0.1, 0.15) is 127 Å². The molecule has 27 nitrogen and oxygen atoms in total. The summed E-state index contributed by atoms with van der Waals surface area (Å²) in [5.74, 6) is -10.9. The van der Waals surface area contributed by atoms with Gasteiger partial charge in [0.05, 0.1) is 12.6 Å². The van der Waals surface area contributed by atoms with Crippen LogP contribution >= 0.6 is 0 Å². The lowest BCUT2D eigenvalue weighted by molar-refractivity contribution is -0.157. The maximum Gasteiger partial charge on any atom is 0.329 e. The molecule has 466 valence electrons. The third kappa shape index (κ3) is 22.7. The van der Waals surface area contributed by atoms with Gasteiger partial charge in [-0.2, -0.15) is 0 Å². The minimum absolute atomic E-state index is 0.0602. The van der Waals surface area contributed by atoms with E-state index in [-0.39, 0.29) is 25.3 Å². The lowest BCUT2D eigenvalue weighted by Gasteiger charge is -2.31. The molecule has 0 aromatic heterocycles. The number of amides is 10. The molecule has 0 spiro atoms. The van der Waals surface area contributed by atoms with E-state index >= 15 is 0 Å². The number of nitrogens with one attached hydrogen (secondary N) is 11. The highest BCUT2D eigenvalue weighted by atomic mass is 16.5. The molecule has 1 aromatic carbocycles. The topological polar surface area (TPSA) is 414 Å². The van der Waals surface area contributed by atoms with E-state index in [1.165, 1.54) is 27.7 Å². The third-order valence-corrected chi connectivity index (χ3v) is 15.1. The summed E-state index contributed by atoms with van der Waals surface area (Å²) in [7, 11) is 1.62. The Balaban J connectivity index is 2.27. The van der Waals surface area contributed by atoms with Gasteiger partial charge in [-0.15, -0.1) is 0 Å². The van der Waals surface area contributed by atoms with Crippen LogP contribution in [0.2, 0.25) is 0 Å². The summed E-state index contributed by atoms with van der Waals surface area (Å²) in [6, 6.07) is -4.64. The van der Waals surface area contributed by atoms with E-state index in [0.717, 1.165) is 5.56 Å². The number of rotatable bonds is 30. The smallest absolute Gasteiger partial charge is 0.329 e. The zero-order valence-corrected chi connectivity index (χ0v) is 50.4. The van der Waals surface area contributed by atoms with E-state index in [2.05, 4.69) is 63.5 Å². The van der Waals surface area contributed by atoms with Crippen LogP contribution in [0.25, 0.3) is 0 Å². The predicted molar refractivity (Wildman–Crippen MR) is 310 cm³/mol. The number of esters is 1. The molecule has 10 amide bonds. The quantitative estimate of drug-likeness (QED) is 0.0170. The number of ether oxygens (including phenoxy) is 1. The normalized spacial score (nSPS) is 21.6. The number of hydrogen-bond donors (Lipinski definition) is 14. The molecule has 0 aliphatic carbocycles. The van der Waals surface area contributed by atoms with Crippen molar-refractivity contribution in [1.29, 1.82) is 0 Å². The number of aliphatic imine (C=N–C) groups is 1. The fraction of sp³-hybridized carbons (Fsp3) is 0.679. The number of hydrogen-bond acceptors (Lipinski definition) is 15. The van der Waals surface area contributed by atoms with E-state index < -0.39 is 168 Å². The molecule has 27 heteroatoms. The predicted octanol–water partition coefficient (Wildman–Crippen LogP) is -2.10. The molecule has 0 radical (unpaired) electrons. The third-order valence-electron chi connectivity index (χ3n) is 15.1. The van der Waals surface area contributed by atoms with Crippen molar-refractivity contribution in [3.8, 4) is 0 Å². The van der Waals surface area contributed by atoms with Gasteiger partial charge in [0.1, 0.15) is 66.5 Å². The first kappa shape index (κ1) is 71.7. The summed E-state index contributed by atoms with van der Waals surface area (Å²) in [4.78, 5) is 155. The highest BCUT2D eigenvalue weighted by Gasteiger charge is 2.40. The number of carbonyl (C=O) groups is 11. The SMILES string of the molecule is CC[C@H](C)[C@H](NC(=O)[C@@H](Cc1ccccc1)NC)C(=O)N[C@@H](CO)C(=O)N[C@H](C)C(=O)N[C@@H](C(=O)N[C@H](C(=O)N[C@@H](C)C(=O)N[C@H]1C(=O)N[C@@H](C)C(=O)N[C@@H](CCCN=C(N)N)C(=O)N[C@@H]([C@@H](C)CC)C(=O)O[C@H]1C)[C@@H](C)CC)[C@@H](C)CC. The van der Waals surface area contributed by atoms with Crippen molar-refractivity contribution in [2.75, 3.05) is 20.2 Å². The van der Waals surface area contributed by atoms with Crippen molar-refractivity contribution in [3.05, 3.63) is 35.9 Å². The minimum atomic E-state index is -1.64. The van der Waals surface area contributed by atoms with Crippen LogP contribution in [-0.2, 0) is 63.9 Å². The number of cyclic esters (lactones) is 1. The number of aliphatic hydroxyl groups is 1. The second-order valence-corrected chi connectivity index (χ2v) is 21.6. The Morgan fingerprint density at radius 3 is 1.63 bits per heavy atom. The number of nitrogens with zero attached hydrogens (tertiary/aromatic N) is 1. The number of guanidine groups is 1. The largest absolute Gasteiger partial charge is 0.458 e. The van der Waals surface area contributed by atoms with Crippen LogP contribution < -0.4 is 70.0 Å². The molecule has 1 aliphatic rings. The Bertz CT molecular complexity index is 2390. The molecular weight excluding hydrogens is 1080 g/mol. The lowest BCUT2D eigenvalue weighted by atomic mass is 9.94. The standard InChI is InChI=1S/C56H94N14O13/c1-14-28(5)40(51(78)62-34(11)47(74)70-44-35(12)83-55(82)43(31(8)17-4)69-48(75)37(24-21-25-60-56(57)58)64-45(72)32(9)63-54(44)81)68-53(80)42(30(7)16-3)66-46(73)33(10)61-50(77)39(27-71)65-52(79)41(29(6)15-2)67-49(76)38(59-13)26-36-22-19-18-20-23-36/h18-20,22-23,28-35,37-44,59,71H,14-17,21,24-27H2,1-13H3,(H,61,77)(H,62,78)(H,63,81)(H,64,72)(H,65,79)(H,66,73)(H,67,76)(H,68,80)(H,69,75)(H,70,74)(H4,57,58,60)/t28-,29-,30-,31-,32-,33+,34-,35-,37-,38+,39-,40-,41-,42+,43-,44+/m0/s1. The molecular formula is C56H94N14O13. The average molecular weight is 1170 g/mol. The first-order chi connectivity index (χ1) is 39.1. The average Bonchev–Trinajstić information content (AvgIpc) is 3.63. The molecule has 0 saturated carbocycles. The van der Waals surface area contributed by atoms with Crippen molar-refractivity contribution in [3.63, 3.8) is 0 Å². The number of aliphatic hydroxyl groups excluding tert-OH is 1. The first-order valence-corrected chi connectivity index (χ1v) is 28.7. The summed E-state index contributed by atoms with van der Waals surface area (Å²) in [6.07, 6.45) is 0.866. The van der Waals surface area contributed by atoms with Gasteiger partial charge >= 0.3 is 5.97 Å². The molecule has 2 rings (SSSR count). The Hall–Kier alpha value is -7.42. The van der Waals surface area contributed by atoms with E-state index in [0.29, 0.717) is 32.1 Å². The Labute approximate surface area is 487 Å². The van der Waals surface area contributed by atoms with Crippen LogP contribution in [0, 0.1) is 23.7 Å². The molecule has 83 heavy (non-hydrogen) atoms. The van der Waals surface area contributed by atoms with Gasteiger partial charge in [0, 0.05) is 6.54 Å². The van der Waals surface area contributed by atoms with Crippen LogP contribution in [0.3, 0.4) is 0 Å². The molecule has 1 saturated heterocycles. The summed E-state index contributed by atoms with van der Waals surface area (Å²) in [5.41, 5.74) is 11.7. The van der Waals surface area contributed by atoms with E-state index in [9.17, 15) is 57.8 Å². The number of carbonyl (C=O) groups excluding carboxylic acids is 11. The molecule has 0 bridgehead atoms. The van der Waals surface area contributed by atoms with Gasteiger partial charge < -0.3 is 79.8 Å². The Kier molecular flexibility index (Phi) is 30.7. The lowest BCUT2D eigenvalue weighted by Crippen LogP contribution is -2.62. The molecule has 1 heterocycles. The molecule has 0 unspecified atom stereocenters. The molecule has 16 atom stereocenters. The van der Waals surface area contributed by atoms with Crippen molar-refractivity contribution >= 4 is 71.0 Å². The number of likely N-dealkylation sites (N-methyl/N-ethyl adjacent to an activating group) is 1. The molecule has 1 aromatic rings. The monoisotopic (exact) mass is 1170 g/mol. The van der Waals surface area contributed by atoms with Gasteiger partial charge in [-0.25, -0.2) is 4.79 Å². The van der Waals surface area contributed by atoms with E-state index in [4.69, 9.17) is 16.2 Å². The van der Waals surface area contributed by atoms with Gasteiger partial charge in [0.25, 0.3) is 0 Å². The fourth-order valence-corrected chi connectivity index (χ4v) is 8.62. The van der Waals surface area contributed by atoms with Gasteiger partial charge in [-0.1, -0.05) is 111 Å². The maximum atomic E-state index is 14.2. The van der Waals surface area contributed by atoms with Gasteiger partial charge in [-0.05, 0) is 83.2 Å². The second kappa shape index (κ2) is 35.5. The number of benzene rings is 1. The molecule has 1 aliphatic heterocycles. The zero-order chi connectivity index (χ0) is 62.8. The van der Waals surface area contributed by atoms with Crippen molar-refractivity contribution in [2.24, 2.45) is 40.1 Å². The van der Waals surface area contributed by atoms with Crippen molar-refractivity contribution < 1.29 is 62.6 Å². The zero-order valence-electron chi connectivity index (χ0n) is 50.4. The summed E-state index contributed by atoms with van der Waals surface area (Å²) >= 11 is 0. The van der Waals surface area contributed by atoms with E-state index in [1.807, 2.05) is 37.3 Å². The number of nitrogens with two attached hydrogens (primary N) is 2. The summed E-state index contributed by atoms with van der Waals surface area (Å²) in [6.45, 7) is 18.6. The summed E-state index contributed by atoms with van der Waals surface area (Å²) in [5, 5.41) is 39.2. The fourth-order valence-electron chi connectivity index (χ4n) is 8.62. The van der Waals surface area contributed by atoms with Crippen molar-refractivity contribution in [1.82, 2.24) is 58.5 Å². The summed E-state index contributed by atoms with van der Waals surface area (Å²) < 4.78 is 5.73. The molecule has 1 fully saturated rings. The minimum Gasteiger partial charge on any atom is -0.458 e. The Morgan fingerprint density at radius 1 is 0.614 bits per heavy atom. The van der Waals surface area contributed by atoms with Gasteiger partial charge in [-0.3, -0.25) is 52.9 Å². The Morgan fingerprint density at radius 2 is 1.11 bits per heavy atom. The van der Waals surface area contributed by atoms with Gasteiger partial charge in [0.15, 0.2) is 5.96 Å². The van der Waals surface area contributed by atoms with Crippen LogP contribution in [0.15, 0.2) is 35.3 Å². The maximum absolute atomic E-state index is 14.2. The highest BCUT2D eigenvalue weighted by Crippen LogP contribution is 2.17. The van der Waals surface area contributed by atoms with Crippen LogP contribution in [-0.4, -0.2) is 169 Å². The second-order valence-electron chi connectivity index (χ2n) is 21.6.